The van der Waals surface area contributed by atoms with E-state index in [2.05, 4.69) is 6.92 Å². The van der Waals surface area contributed by atoms with Gasteiger partial charge in [-0.25, -0.2) is 4.57 Å². The van der Waals surface area contributed by atoms with Gasteiger partial charge in [-0.2, -0.15) is 0 Å². The summed E-state index contributed by atoms with van der Waals surface area (Å²) in [7, 11) is -3.71. The molecule has 0 unspecified atom stereocenters. The number of hydrogen-bond donors (Lipinski definition) is 0. The second-order valence-corrected chi connectivity index (χ2v) is 6.67. The number of hydrogen-bond acceptors (Lipinski definition) is 4. The molecule has 0 fully saturated rings. The number of benzene rings is 2. The zero-order valence-corrected chi connectivity index (χ0v) is 14.3. The van der Waals surface area contributed by atoms with Crippen LogP contribution in [0.5, 0.6) is 11.5 Å². The molecule has 0 spiro atoms. The molecule has 0 bridgehead atoms. The third-order valence-corrected chi connectivity index (χ3v) is 4.54. The summed E-state index contributed by atoms with van der Waals surface area (Å²) in [6, 6.07) is 17.9. The van der Waals surface area contributed by atoms with Gasteiger partial charge in [0.2, 0.25) is 0 Å². The molecule has 0 saturated carbocycles. The number of para-hydroxylation sites is 2. The fourth-order valence-corrected chi connectivity index (χ4v) is 3.25. The Morgan fingerprint density at radius 3 is 1.78 bits per heavy atom. The van der Waals surface area contributed by atoms with Crippen LogP contribution in [0.2, 0.25) is 0 Å². The zero-order chi connectivity index (χ0) is 16.4. The quantitative estimate of drug-likeness (QED) is 0.404. The second kappa shape index (κ2) is 9.39. The standard InChI is InChI=1S/C18H23O4P/c1-2-3-4-11-16-20-23(19,21-17-12-7-5-8-13-17)22-18-14-9-6-10-15-18/h5-10,12-15H,2-4,11,16H2,1H3. The minimum absolute atomic E-state index is 0.344. The highest BCUT2D eigenvalue weighted by atomic mass is 31.2. The van der Waals surface area contributed by atoms with Gasteiger partial charge in [0.05, 0.1) is 6.61 Å². The highest BCUT2D eigenvalue weighted by molar-refractivity contribution is 7.49. The average molecular weight is 334 g/mol. The van der Waals surface area contributed by atoms with Crippen molar-refractivity contribution < 1.29 is 18.1 Å². The van der Waals surface area contributed by atoms with Crippen molar-refractivity contribution in [2.24, 2.45) is 0 Å². The van der Waals surface area contributed by atoms with Crippen LogP contribution in [-0.4, -0.2) is 6.61 Å². The van der Waals surface area contributed by atoms with Crippen molar-refractivity contribution in [3.05, 3.63) is 60.7 Å². The van der Waals surface area contributed by atoms with Gasteiger partial charge in [-0.15, -0.1) is 0 Å². The molecule has 0 aliphatic carbocycles. The van der Waals surface area contributed by atoms with Crippen LogP contribution in [0.1, 0.15) is 32.6 Å². The summed E-state index contributed by atoms with van der Waals surface area (Å²) in [4.78, 5) is 0. The van der Waals surface area contributed by atoms with Crippen molar-refractivity contribution in [2.45, 2.75) is 32.6 Å². The Labute approximate surface area is 138 Å². The molecule has 2 rings (SSSR count). The minimum Gasteiger partial charge on any atom is -0.395 e. The summed E-state index contributed by atoms with van der Waals surface area (Å²) in [5, 5.41) is 0. The van der Waals surface area contributed by atoms with Crippen molar-refractivity contribution in [2.75, 3.05) is 6.61 Å². The number of phosphoric ester groups is 1. The summed E-state index contributed by atoms with van der Waals surface area (Å²) in [5.74, 6) is 0.917. The van der Waals surface area contributed by atoms with Gasteiger partial charge in [0.1, 0.15) is 11.5 Å². The molecule has 0 aromatic heterocycles. The van der Waals surface area contributed by atoms with Gasteiger partial charge >= 0.3 is 7.82 Å². The number of phosphoric acid groups is 1. The van der Waals surface area contributed by atoms with Crippen LogP contribution in [0.15, 0.2) is 60.7 Å². The van der Waals surface area contributed by atoms with E-state index in [1.54, 1.807) is 24.3 Å². The normalized spacial score (nSPS) is 11.2. The van der Waals surface area contributed by atoms with Crippen molar-refractivity contribution in [1.82, 2.24) is 0 Å². The van der Waals surface area contributed by atoms with E-state index in [0.717, 1.165) is 25.7 Å². The van der Waals surface area contributed by atoms with Crippen LogP contribution in [-0.2, 0) is 9.09 Å². The predicted octanol–water partition coefficient (Wildman–Crippen LogP) is 5.85. The number of unbranched alkanes of at least 4 members (excludes halogenated alkanes) is 3. The molecule has 124 valence electrons. The first-order valence-corrected chi connectivity index (χ1v) is 9.42. The molecule has 0 heterocycles. The van der Waals surface area contributed by atoms with E-state index >= 15 is 0 Å². The molecule has 0 N–H and O–H groups in total. The fraction of sp³-hybridized carbons (Fsp3) is 0.333. The SMILES string of the molecule is CCCCCCOP(=O)(Oc1ccccc1)Oc1ccccc1. The van der Waals surface area contributed by atoms with Crippen LogP contribution in [0.3, 0.4) is 0 Å². The van der Waals surface area contributed by atoms with Crippen molar-refractivity contribution in [3.63, 3.8) is 0 Å². The average Bonchev–Trinajstić information content (AvgIpc) is 2.56. The Morgan fingerprint density at radius 2 is 1.30 bits per heavy atom. The summed E-state index contributed by atoms with van der Waals surface area (Å²) in [5.41, 5.74) is 0. The first kappa shape index (κ1) is 17.6. The van der Waals surface area contributed by atoms with Gasteiger partial charge in [-0.1, -0.05) is 62.6 Å². The molecule has 0 amide bonds. The number of rotatable bonds is 10. The van der Waals surface area contributed by atoms with Crippen LogP contribution < -0.4 is 9.05 Å². The highest BCUT2D eigenvalue weighted by Crippen LogP contribution is 2.49. The van der Waals surface area contributed by atoms with Gasteiger partial charge in [0, 0.05) is 0 Å². The van der Waals surface area contributed by atoms with Crippen molar-refractivity contribution in [1.29, 1.82) is 0 Å². The Morgan fingerprint density at radius 1 is 0.783 bits per heavy atom. The van der Waals surface area contributed by atoms with Crippen LogP contribution in [0.4, 0.5) is 0 Å². The molecule has 23 heavy (non-hydrogen) atoms. The summed E-state index contributed by atoms with van der Waals surface area (Å²) in [6.45, 7) is 2.49. The smallest absolute Gasteiger partial charge is 0.395 e. The largest absolute Gasteiger partial charge is 0.587 e. The molecule has 0 atom stereocenters. The zero-order valence-electron chi connectivity index (χ0n) is 13.4. The molecule has 5 heteroatoms. The minimum atomic E-state index is -3.71. The first-order chi connectivity index (χ1) is 11.2. The molecule has 0 aliphatic rings. The van der Waals surface area contributed by atoms with E-state index in [4.69, 9.17) is 13.6 Å². The van der Waals surface area contributed by atoms with Crippen molar-refractivity contribution >= 4 is 7.82 Å². The van der Waals surface area contributed by atoms with Gasteiger partial charge in [0.25, 0.3) is 0 Å². The third-order valence-electron chi connectivity index (χ3n) is 3.17. The lowest BCUT2D eigenvalue weighted by Crippen LogP contribution is -2.06. The maximum Gasteiger partial charge on any atom is 0.587 e. The molecule has 0 saturated heterocycles. The molecule has 0 aliphatic heterocycles. The van der Waals surface area contributed by atoms with E-state index in [0.29, 0.717) is 18.1 Å². The first-order valence-electron chi connectivity index (χ1n) is 7.96. The fourth-order valence-electron chi connectivity index (χ4n) is 2.00. The topological polar surface area (TPSA) is 44.8 Å². The lowest BCUT2D eigenvalue weighted by molar-refractivity contribution is 0.205. The van der Waals surface area contributed by atoms with Crippen LogP contribution in [0.25, 0.3) is 0 Å². The molecule has 0 radical (unpaired) electrons. The predicted molar refractivity (Wildman–Crippen MR) is 91.8 cm³/mol. The maximum atomic E-state index is 12.9. The summed E-state index contributed by atoms with van der Waals surface area (Å²) in [6.07, 6.45) is 4.13. The van der Waals surface area contributed by atoms with E-state index in [1.165, 1.54) is 0 Å². The molecule has 2 aromatic rings. The lowest BCUT2D eigenvalue weighted by Gasteiger charge is -2.19. The van der Waals surface area contributed by atoms with E-state index < -0.39 is 7.82 Å². The Hall–Kier alpha value is -1.77. The van der Waals surface area contributed by atoms with Crippen LogP contribution in [0, 0.1) is 0 Å². The Balaban J connectivity index is 2.02. The van der Waals surface area contributed by atoms with E-state index in [9.17, 15) is 4.57 Å². The molecule has 2 aromatic carbocycles. The van der Waals surface area contributed by atoms with Crippen LogP contribution >= 0.6 is 7.82 Å². The van der Waals surface area contributed by atoms with Gasteiger partial charge in [0.15, 0.2) is 0 Å². The van der Waals surface area contributed by atoms with Gasteiger partial charge < -0.3 is 9.05 Å². The highest BCUT2D eigenvalue weighted by Gasteiger charge is 2.30. The second-order valence-electron chi connectivity index (χ2n) is 5.15. The Bertz CT molecular complexity index is 555. The summed E-state index contributed by atoms with van der Waals surface area (Å²) < 4.78 is 29.5. The third kappa shape index (κ3) is 6.47. The monoisotopic (exact) mass is 334 g/mol. The van der Waals surface area contributed by atoms with E-state index in [-0.39, 0.29) is 0 Å². The molecular weight excluding hydrogens is 311 g/mol. The molecule has 4 nitrogen and oxygen atoms in total. The van der Waals surface area contributed by atoms with E-state index in [1.807, 2.05) is 36.4 Å². The van der Waals surface area contributed by atoms with Gasteiger partial charge in [-0.3, -0.25) is 4.52 Å². The lowest BCUT2D eigenvalue weighted by atomic mass is 10.2. The summed E-state index contributed by atoms with van der Waals surface area (Å²) >= 11 is 0. The Kier molecular flexibility index (Phi) is 7.18. The van der Waals surface area contributed by atoms with Crippen molar-refractivity contribution in [3.8, 4) is 11.5 Å². The molecular formula is C18H23O4P. The maximum absolute atomic E-state index is 12.9. The van der Waals surface area contributed by atoms with Gasteiger partial charge in [-0.05, 0) is 30.7 Å².